The summed E-state index contributed by atoms with van der Waals surface area (Å²) >= 11 is 0. The number of carbonyl (C=O) groups excluding carboxylic acids is 8. The average molecular weight is 1100 g/mol. The second-order valence-corrected chi connectivity index (χ2v) is 15.4. The molecule has 9 amide bonds. The van der Waals surface area contributed by atoms with E-state index in [1.165, 1.54) is 58.5 Å². The first-order valence-corrected chi connectivity index (χ1v) is 21.5. The van der Waals surface area contributed by atoms with Crippen LogP contribution in [0.3, 0.4) is 0 Å². The van der Waals surface area contributed by atoms with Crippen LogP contribution in [0, 0.1) is 0 Å². The van der Waals surface area contributed by atoms with Crippen molar-refractivity contribution in [2.75, 3.05) is 19.8 Å². The minimum atomic E-state index is -0.764. The standard InChI is InChI=1S/3C6H6N6O2.C6H9N5O2.C6H8N4O.C5H6N6O2/c3*1-11-6(14)12-2-8-3(4(7)13)5(12)9-10-11;1-9-6(13)11-2-10-3(4(11)7)5(8)12;1-10-6(11)5-4(8-9-10)2-3-7-5;6-5(13)11-1-7-2-3(11)8-10-9-4(2)12/h3*2H,1H3,(H2,7,13);2H,7H2,1H3,(H2,8,12)(H,9,13);3-5H,2H2,1H3;1-3H,(H2,6,13)(H,8,9,12). The Kier molecular flexibility index (Phi) is 16.7. The molecule has 4 aliphatic heterocycles. The van der Waals surface area contributed by atoms with Gasteiger partial charge in [-0.15, -0.1) is 20.4 Å². The van der Waals surface area contributed by atoms with Gasteiger partial charge in [0.05, 0.1) is 6.34 Å². The number of imidazole rings is 4. The van der Waals surface area contributed by atoms with E-state index < -0.39 is 65.0 Å². The number of likely N-dealkylation sites (N-methyl/N-ethyl adjacent to an activating group) is 1. The molecule has 11 heterocycles. The van der Waals surface area contributed by atoms with Gasteiger partial charge in [0.15, 0.2) is 58.0 Å². The molecule has 0 aliphatic carbocycles. The number of hydrogen-bond acceptors (Lipinski definition) is 28. The summed E-state index contributed by atoms with van der Waals surface area (Å²) in [6.07, 6.45) is 7.66. The largest absolute Gasteiger partial charge is 0.383 e. The Balaban J connectivity index is 0.000000153. The third-order valence-corrected chi connectivity index (χ3v) is 10.3. The maximum atomic E-state index is 11.4. The maximum absolute atomic E-state index is 11.4. The van der Waals surface area contributed by atoms with Crippen LogP contribution in [0.15, 0.2) is 70.4 Å². The molecule has 0 bridgehead atoms. The number of nitrogens with two attached hydrogens (primary N) is 6. The van der Waals surface area contributed by atoms with Gasteiger partial charge in [0, 0.05) is 47.9 Å². The van der Waals surface area contributed by atoms with Crippen molar-refractivity contribution in [1.82, 2.24) is 103 Å². The van der Waals surface area contributed by atoms with E-state index in [0.717, 1.165) is 49.5 Å². The van der Waals surface area contributed by atoms with E-state index >= 15 is 0 Å². The number of fused-ring (bicyclic) bond motifs is 5. The molecule has 14 N–H and O–H groups in total. The molecule has 0 aromatic carbocycles. The lowest BCUT2D eigenvalue weighted by atomic mass is 10.1. The van der Waals surface area contributed by atoms with Crippen LogP contribution in [0.5, 0.6) is 0 Å². The zero-order valence-electron chi connectivity index (χ0n) is 41.1. The number of amides is 9. The molecule has 44 nitrogen and oxygen atoms in total. The fourth-order valence-corrected chi connectivity index (χ4v) is 6.38. The van der Waals surface area contributed by atoms with Crippen LogP contribution in [0.25, 0.3) is 16.9 Å². The summed E-state index contributed by atoms with van der Waals surface area (Å²) < 4.78 is 7.39. The number of aromatic nitrogens is 17. The monoisotopic (exact) mass is 1100 g/mol. The number of anilines is 1. The Morgan fingerprint density at radius 1 is 0.608 bits per heavy atom. The second kappa shape index (κ2) is 23.4. The summed E-state index contributed by atoms with van der Waals surface area (Å²) in [5.74, 6) is -3.49. The van der Waals surface area contributed by atoms with E-state index in [4.69, 9.17) is 34.4 Å². The van der Waals surface area contributed by atoms with Gasteiger partial charge in [0.25, 0.3) is 35.4 Å². The van der Waals surface area contributed by atoms with Gasteiger partial charge < -0.3 is 39.7 Å². The molecule has 7 aromatic rings. The van der Waals surface area contributed by atoms with Crippen LogP contribution in [0.4, 0.5) is 15.4 Å². The Hall–Kier alpha value is -12.0. The van der Waals surface area contributed by atoms with Crippen molar-refractivity contribution in [3.8, 4) is 0 Å². The number of urea groups is 1. The van der Waals surface area contributed by atoms with Gasteiger partial charge >= 0.3 is 29.1 Å². The number of primary amides is 5. The van der Waals surface area contributed by atoms with E-state index in [1.807, 2.05) is 0 Å². The Bertz CT molecular complexity index is 3640. The molecule has 0 saturated heterocycles. The first-order chi connectivity index (χ1) is 37.4. The molecular formula is C35H41N33O11. The third-order valence-electron chi connectivity index (χ3n) is 10.3. The Labute approximate surface area is 434 Å². The fourth-order valence-electron chi connectivity index (χ4n) is 6.38. The van der Waals surface area contributed by atoms with Gasteiger partial charge in [-0.05, 0) is 0 Å². The Morgan fingerprint density at radius 2 is 1.05 bits per heavy atom. The molecule has 79 heavy (non-hydrogen) atoms. The van der Waals surface area contributed by atoms with Crippen molar-refractivity contribution in [2.24, 2.45) is 80.5 Å². The van der Waals surface area contributed by atoms with E-state index in [0.29, 0.717) is 0 Å². The lowest BCUT2D eigenvalue weighted by Crippen LogP contribution is -2.49. The summed E-state index contributed by atoms with van der Waals surface area (Å²) in [7, 11) is 7.36. The van der Waals surface area contributed by atoms with Crippen molar-refractivity contribution in [3.63, 3.8) is 0 Å². The van der Waals surface area contributed by atoms with Gasteiger partial charge in [0.1, 0.15) is 37.2 Å². The van der Waals surface area contributed by atoms with Crippen LogP contribution in [0.1, 0.15) is 48.4 Å². The van der Waals surface area contributed by atoms with Crippen LogP contribution in [-0.4, -0.2) is 191 Å². The number of aryl methyl sites for hydroxylation is 3. The van der Waals surface area contributed by atoms with E-state index in [-0.39, 0.29) is 69.4 Å². The highest BCUT2D eigenvalue weighted by Gasteiger charge is 2.41. The zero-order valence-corrected chi connectivity index (χ0v) is 41.1. The second-order valence-electron chi connectivity index (χ2n) is 15.4. The van der Waals surface area contributed by atoms with Gasteiger partial charge in [-0.1, -0.05) is 26.1 Å². The van der Waals surface area contributed by atoms with Crippen molar-refractivity contribution in [1.29, 1.82) is 0 Å². The van der Waals surface area contributed by atoms with Crippen molar-refractivity contribution >= 4 is 82.8 Å². The normalized spacial score (nSPS) is 17.0. The fraction of sp³-hybridized carbons (Fsp3) is 0.286. The molecule has 7 aromatic heterocycles. The molecule has 44 heteroatoms. The van der Waals surface area contributed by atoms with Crippen LogP contribution < -0.4 is 62.2 Å². The Morgan fingerprint density at radius 3 is 1.46 bits per heavy atom. The number of nitrogens with one attached hydrogen (secondary N) is 2. The molecule has 4 aliphatic rings. The number of nitrogens with zero attached hydrogens (tertiary/aromatic N) is 25. The summed E-state index contributed by atoms with van der Waals surface area (Å²) in [5, 5.41) is 39.6. The predicted molar refractivity (Wildman–Crippen MR) is 257 cm³/mol. The lowest BCUT2D eigenvalue weighted by molar-refractivity contribution is -0.133. The molecular weight excluding hydrogens is 1060 g/mol. The maximum Gasteiger partial charge on any atom is 0.352 e. The van der Waals surface area contributed by atoms with Crippen molar-refractivity contribution < 1.29 is 38.4 Å². The topological polar surface area (TPSA) is 610 Å². The number of carbonyl (C=O) groups is 8. The van der Waals surface area contributed by atoms with Crippen LogP contribution in [-0.2, 0) is 30.7 Å². The summed E-state index contributed by atoms with van der Waals surface area (Å²) in [5.41, 5.74) is 31.2. The molecule has 4 unspecified atom stereocenters. The summed E-state index contributed by atoms with van der Waals surface area (Å²) in [6, 6.07) is -2.22. The van der Waals surface area contributed by atoms with Crippen molar-refractivity contribution in [2.45, 2.75) is 30.7 Å². The highest BCUT2D eigenvalue weighted by molar-refractivity contribution is 5.98. The minimum Gasteiger partial charge on any atom is -0.383 e. The number of rotatable bonds is 4. The smallest absolute Gasteiger partial charge is 0.352 e. The number of hydrogen-bond donors (Lipinski definition) is 8. The molecule has 412 valence electrons. The molecule has 0 fully saturated rings. The molecule has 4 atom stereocenters. The minimum absolute atomic E-state index is 0.0290. The number of nitrogen functional groups attached to an aromatic ring is 1. The first-order valence-electron chi connectivity index (χ1n) is 21.5. The average Bonchev–Trinajstić information content (AvgIpc) is 4.29. The van der Waals surface area contributed by atoms with E-state index in [9.17, 15) is 52.7 Å². The summed E-state index contributed by atoms with van der Waals surface area (Å²) in [4.78, 5) is 145. The van der Waals surface area contributed by atoms with Crippen molar-refractivity contribution in [3.05, 3.63) is 79.5 Å². The molecule has 0 saturated carbocycles. The first kappa shape index (κ1) is 56.2. The highest BCUT2D eigenvalue weighted by atomic mass is 16.2. The number of aliphatic imine (C=N–C) groups is 2. The van der Waals surface area contributed by atoms with E-state index in [2.05, 4.69) is 92.3 Å². The molecule has 0 spiro atoms. The SMILES string of the molecule is CN1N=NC2CC=NC2C1=O.CNC(=O)n1cnc(C(N)=O)c1N.Cn1nnc2c(C(N)=O)ncn2c1=O.Cn1nnc2c(C(N)=O)ncn2c1=O.Cn1nnc2c(C(N)=O)ncn2c1=O.NC(=O)N1C=NC2C(=O)NN=NC21. The van der Waals surface area contributed by atoms with Gasteiger partial charge in [-0.3, -0.25) is 43.7 Å². The quantitative estimate of drug-likeness (QED) is 0.0811. The highest BCUT2D eigenvalue weighted by Crippen LogP contribution is 2.20. The van der Waals surface area contributed by atoms with Gasteiger partial charge in [0.2, 0.25) is 0 Å². The zero-order chi connectivity index (χ0) is 58.2. The predicted octanol–water partition coefficient (Wildman–Crippen LogP) is -8.84. The summed E-state index contributed by atoms with van der Waals surface area (Å²) in [6.45, 7) is 0. The van der Waals surface area contributed by atoms with E-state index in [1.54, 1.807) is 13.3 Å². The van der Waals surface area contributed by atoms with Gasteiger partial charge in [-0.25, -0.2) is 72.1 Å². The third kappa shape index (κ3) is 11.8. The van der Waals surface area contributed by atoms with Gasteiger partial charge in [-0.2, -0.15) is 19.2 Å². The lowest BCUT2D eigenvalue weighted by Gasteiger charge is -2.21. The molecule has 0 radical (unpaired) electrons. The molecule has 11 rings (SSSR count). The van der Waals surface area contributed by atoms with Crippen LogP contribution >= 0.6 is 0 Å². The van der Waals surface area contributed by atoms with Crippen LogP contribution in [0.2, 0.25) is 0 Å².